The summed E-state index contributed by atoms with van der Waals surface area (Å²) in [5, 5.41) is 8.56. The van der Waals surface area contributed by atoms with E-state index in [0.717, 1.165) is 19.3 Å². The Balaban J connectivity index is 4.04. The molecule has 0 heterocycles. The van der Waals surface area contributed by atoms with Crippen LogP contribution in [0.1, 0.15) is 46.0 Å². The topological polar surface area (TPSA) is 57.6 Å². The van der Waals surface area contributed by atoms with Gasteiger partial charge in [-0.1, -0.05) is 20.3 Å². The molecule has 15 heavy (non-hydrogen) atoms. The van der Waals surface area contributed by atoms with Crippen LogP contribution in [0, 0.1) is 0 Å². The fourth-order valence-corrected chi connectivity index (χ4v) is 1.31. The van der Waals surface area contributed by atoms with E-state index in [-0.39, 0.29) is 12.3 Å². The summed E-state index contributed by atoms with van der Waals surface area (Å²) in [6, 6.07) is 0. The summed E-state index contributed by atoms with van der Waals surface area (Å²) in [5.74, 6) is -0.770. The number of carboxylic acids is 1. The molecule has 0 aliphatic carbocycles. The average Bonchev–Trinajstić information content (AvgIpc) is 2.17. The Morgan fingerprint density at radius 3 is 2.20 bits per heavy atom. The molecule has 0 aromatic carbocycles. The highest BCUT2D eigenvalue weighted by Gasteiger charge is 2.12. The Kier molecular flexibility index (Phi) is 7.68. The van der Waals surface area contributed by atoms with Crippen molar-refractivity contribution in [3.8, 4) is 0 Å². The Bertz CT molecular complexity index is 204. The van der Waals surface area contributed by atoms with Crippen LogP contribution >= 0.6 is 0 Å². The zero-order valence-electron chi connectivity index (χ0n) is 9.66. The van der Waals surface area contributed by atoms with Crippen LogP contribution < -0.4 is 0 Å². The normalized spacial score (nSPS) is 10.0. The maximum Gasteiger partial charge on any atom is 0.305 e. The van der Waals surface area contributed by atoms with Crippen molar-refractivity contribution < 1.29 is 14.7 Å². The molecule has 1 N–H and O–H groups in total. The van der Waals surface area contributed by atoms with Crippen molar-refractivity contribution >= 4 is 11.9 Å². The lowest BCUT2D eigenvalue weighted by Gasteiger charge is -2.21. The van der Waals surface area contributed by atoms with E-state index in [1.165, 1.54) is 0 Å². The van der Waals surface area contributed by atoms with Crippen LogP contribution in [0.25, 0.3) is 0 Å². The van der Waals surface area contributed by atoms with Crippen molar-refractivity contribution in [2.75, 3.05) is 13.1 Å². The Labute approximate surface area is 91.3 Å². The molecule has 0 rings (SSSR count). The third-order valence-electron chi connectivity index (χ3n) is 2.19. The predicted molar refractivity (Wildman–Crippen MR) is 58.6 cm³/mol. The fraction of sp³-hybridized carbons (Fsp3) is 0.818. The van der Waals surface area contributed by atoms with Crippen LogP contribution in [0.5, 0.6) is 0 Å². The monoisotopic (exact) mass is 215 g/mol. The van der Waals surface area contributed by atoms with Gasteiger partial charge in [-0.2, -0.15) is 0 Å². The number of nitrogens with zero attached hydrogens (tertiary/aromatic N) is 1. The smallest absolute Gasteiger partial charge is 0.305 e. The Hall–Kier alpha value is -1.06. The van der Waals surface area contributed by atoms with Crippen molar-refractivity contribution in [3.63, 3.8) is 0 Å². The van der Waals surface area contributed by atoms with Gasteiger partial charge in [0, 0.05) is 19.5 Å². The van der Waals surface area contributed by atoms with Gasteiger partial charge in [0.2, 0.25) is 5.91 Å². The van der Waals surface area contributed by atoms with Gasteiger partial charge in [0.1, 0.15) is 0 Å². The number of aliphatic carboxylic acids is 1. The molecule has 0 atom stereocenters. The fourth-order valence-electron chi connectivity index (χ4n) is 1.31. The second kappa shape index (κ2) is 8.26. The molecule has 4 heteroatoms. The SMILES string of the molecule is CCCCN(CCC(=O)O)C(=O)CCC. The molecule has 0 saturated heterocycles. The zero-order valence-corrected chi connectivity index (χ0v) is 9.66. The molecule has 0 fully saturated rings. The molecule has 0 aromatic heterocycles. The molecule has 0 aliphatic rings. The van der Waals surface area contributed by atoms with Gasteiger partial charge < -0.3 is 10.0 Å². The highest BCUT2D eigenvalue weighted by Crippen LogP contribution is 2.02. The van der Waals surface area contributed by atoms with E-state index in [1.54, 1.807) is 4.90 Å². The maximum atomic E-state index is 11.6. The van der Waals surface area contributed by atoms with E-state index >= 15 is 0 Å². The van der Waals surface area contributed by atoms with Gasteiger partial charge in [0.15, 0.2) is 0 Å². The minimum absolute atomic E-state index is 0.0408. The molecule has 4 nitrogen and oxygen atoms in total. The summed E-state index contributed by atoms with van der Waals surface area (Å²) in [6.45, 7) is 5.03. The maximum absolute atomic E-state index is 11.6. The van der Waals surface area contributed by atoms with E-state index in [1.807, 2.05) is 6.92 Å². The molecule has 1 amide bonds. The van der Waals surface area contributed by atoms with Gasteiger partial charge in [-0.05, 0) is 12.8 Å². The minimum Gasteiger partial charge on any atom is -0.481 e. The number of carboxylic acid groups (broad SMARTS) is 1. The standard InChI is InChI=1S/C11H21NO3/c1-3-5-8-12(9-7-11(14)15)10(13)6-4-2/h3-9H2,1-2H3,(H,14,15). The van der Waals surface area contributed by atoms with E-state index in [2.05, 4.69) is 6.92 Å². The molecular formula is C11H21NO3. The van der Waals surface area contributed by atoms with Crippen LogP contribution in [0.15, 0.2) is 0 Å². The molecule has 0 aromatic rings. The summed E-state index contributed by atoms with van der Waals surface area (Å²) >= 11 is 0. The van der Waals surface area contributed by atoms with Gasteiger partial charge in [-0.3, -0.25) is 9.59 Å². The zero-order chi connectivity index (χ0) is 11.7. The lowest BCUT2D eigenvalue weighted by Crippen LogP contribution is -2.33. The second-order valence-corrected chi connectivity index (χ2v) is 3.63. The lowest BCUT2D eigenvalue weighted by molar-refractivity contribution is -0.138. The van der Waals surface area contributed by atoms with Crippen molar-refractivity contribution in [1.82, 2.24) is 4.90 Å². The highest BCUT2D eigenvalue weighted by atomic mass is 16.4. The van der Waals surface area contributed by atoms with Crippen LogP contribution in [-0.2, 0) is 9.59 Å². The molecular weight excluding hydrogens is 194 g/mol. The van der Waals surface area contributed by atoms with E-state index < -0.39 is 5.97 Å². The number of rotatable bonds is 8. The Morgan fingerprint density at radius 1 is 1.07 bits per heavy atom. The van der Waals surface area contributed by atoms with Crippen molar-refractivity contribution in [2.45, 2.75) is 46.0 Å². The minimum atomic E-state index is -0.846. The van der Waals surface area contributed by atoms with Gasteiger partial charge in [-0.15, -0.1) is 0 Å². The molecule has 0 aliphatic heterocycles. The van der Waals surface area contributed by atoms with Crippen molar-refractivity contribution in [1.29, 1.82) is 0 Å². The second-order valence-electron chi connectivity index (χ2n) is 3.63. The van der Waals surface area contributed by atoms with Crippen LogP contribution in [0.3, 0.4) is 0 Å². The van der Waals surface area contributed by atoms with E-state index in [9.17, 15) is 9.59 Å². The number of carbonyl (C=O) groups excluding carboxylic acids is 1. The third-order valence-corrected chi connectivity index (χ3v) is 2.19. The van der Waals surface area contributed by atoms with Gasteiger partial charge in [0.25, 0.3) is 0 Å². The molecule has 0 spiro atoms. The number of amides is 1. The summed E-state index contributed by atoms with van der Waals surface area (Å²) in [7, 11) is 0. The first-order valence-electron chi connectivity index (χ1n) is 5.61. The molecule has 88 valence electrons. The number of carbonyl (C=O) groups is 2. The first-order chi connectivity index (χ1) is 7.11. The molecule has 0 radical (unpaired) electrons. The lowest BCUT2D eigenvalue weighted by atomic mass is 10.2. The van der Waals surface area contributed by atoms with Crippen LogP contribution in [0.2, 0.25) is 0 Å². The summed E-state index contributed by atoms with van der Waals surface area (Å²) < 4.78 is 0. The Morgan fingerprint density at radius 2 is 1.73 bits per heavy atom. The van der Waals surface area contributed by atoms with E-state index in [4.69, 9.17) is 5.11 Å². The average molecular weight is 215 g/mol. The van der Waals surface area contributed by atoms with Crippen molar-refractivity contribution in [2.24, 2.45) is 0 Å². The summed E-state index contributed by atoms with van der Waals surface area (Å²) in [5.41, 5.74) is 0. The molecule has 0 bridgehead atoms. The quantitative estimate of drug-likeness (QED) is 0.672. The van der Waals surface area contributed by atoms with E-state index in [0.29, 0.717) is 19.5 Å². The first kappa shape index (κ1) is 13.9. The number of hydrogen-bond donors (Lipinski definition) is 1. The van der Waals surface area contributed by atoms with Crippen LogP contribution in [0.4, 0.5) is 0 Å². The van der Waals surface area contributed by atoms with Gasteiger partial charge in [-0.25, -0.2) is 0 Å². The van der Waals surface area contributed by atoms with Gasteiger partial charge >= 0.3 is 5.97 Å². The predicted octanol–water partition coefficient (Wildman–Crippen LogP) is 1.89. The molecule has 0 unspecified atom stereocenters. The third kappa shape index (κ3) is 6.94. The van der Waals surface area contributed by atoms with Crippen molar-refractivity contribution in [3.05, 3.63) is 0 Å². The molecule has 0 saturated carbocycles. The van der Waals surface area contributed by atoms with Gasteiger partial charge in [0.05, 0.1) is 6.42 Å². The first-order valence-corrected chi connectivity index (χ1v) is 5.61. The van der Waals surface area contributed by atoms with Crippen LogP contribution in [-0.4, -0.2) is 35.0 Å². The summed E-state index contributed by atoms with van der Waals surface area (Å²) in [4.78, 5) is 23.7. The highest BCUT2D eigenvalue weighted by molar-refractivity contribution is 5.76. The number of hydrogen-bond acceptors (Lipinski definition) is 2. The summed E-state index contributed by atoms with van der Waals surface area (Å²) in [6.07, 6.45) is 3.33. The largest absolute Gasteiger partial charge is 0.481 e. The number of unbranched alkanes of at least 4 members (excludes halogenated alkanes) is 1.